The number of carbonyl (C=O) groups excluding carboxylic acids is 1. The van der Waals surface area contributed by atoms with Crippen LogP contribution >= 0.6 is 0 Å². The average Bonchev–Trinajstić information content (AvgIpc) is 2.29. The highest BCUT2D eigenvalue weighted by atomic mass is 16.1. The van der Waals surface area contributed by atoms with E-state index in [0.29, 0.717) is 12.5 Å². The Kier molecular flexibility index (Phi) is 5.81. The molecule has 0 bridgehead atoms. The predicted molar refractivity (Wildman–Crippen MR) is 67.3 cm³/mol. The van der Waals surface area contributed by atoms with Gasteiger partial charge in [0.25, 0.3) is 0 Å². The minimum atomic E-state index is 0.128. The largest absolute Gasteiger partial charge is 0.359 e. The van der Waals surface area contributed by atoms with Crippen LogP contribution in [0.15, 0.2) is 0 Å². The van der Waals surface area contributed by atoms with E-state index in [1.807, 2.05) is 0 Å². The van der Waals surface area contributed by atoms with Gasteiger partial charge in [-0.3, -0.25) is 4.79 Å². The van der Waals surface area contributed by atoms with Crippen LogP contribution in [-0.2, 0) is 4.79 Å². The SMILES string of the molecule is CNC(=O)CCNC1CCC(C(C)C)CC1. The molecule has 0 saturated heterocycles. The van der Waals surface area contributed by atoms with Crippen molar-refractivity contribution in [2.24, 2.45) is 11.8 Å². The van der Waals surface area contributed by atoms with Crippen molar-refractivity contribution in [2.45, 2.75) is 52.0 Å². The molecular formula is C13H26N2O. The minimum Gasteiger partial charge on any atom is -0.359 e. The van der Waals surface area contributed by atoms with Crippen LogP contribution in [0.25, 0.3) is 0 Å². The smallest absolute Gasteiger partial charge is 0.221 e. The summed E-state index contributed by atoms with van der Waals surface area (Å²) in [4.78, 5) is 11.0. The first kappa shape index (κ1) is 13.5. The minimum absolute atomic E-state index is 0.128. The van der Waals surface area contributed by atoms with Crippen LogP contribution in [0, 0.1) is 11.8 Å². The van der Waals surface area contributed by atoms with Crippen LogP contribution in [0.5, 0.6) is 0 Å². The van der Waals surface area contributed by atoms with E-state index in [4.69, 9.17) is 0 Å². The van der Waals surface area contributed by atoms with Gasteiger partial charge in [0.2, 0.25) is 5.91 Å². The van der Waals surface area contributed by atoms with Crippen molar-refractivity contribution in [3.8, 4) is 0 Å². The van der Waals surface area contributed by atoms with Gasteiger partial charge in [0, 0.05) is 26.1 Å². The van der Waals surface area contributed by atoms with Crippen LogP contribution in [0.3, 0.4) is 0 Å². The van der Waals surface area contributed by atoms with Crippen LogP contribution in [0.2, 0.25) is 0 Å². The molecule has 0 heterocycles. The maximum atomic E-state index is 11.0. The summed E-state index contributed by atoms with van der Waals surface area (Å²) >= 11 is 0. The van der Waals surface area contributed by atoms with Gasteiger partial charge in [-0.2, -0.15) is 0 Å². The van der Waals surface area contributed by atoms with Gasteiger partial charge in [0.05, 0.1) is 0 Å². The maximum absolute atomic E-state index is 11.0. The predicted octanol–water partition coefficient (Wildman–Crippen LogP) is 1.93. The Balaban J connectivity index is 2.10. The molecule has 0 aromatic rings. The second kappa shape index (κ2) is 6.89. The molecule has 1 saturated carbocycles. The van der Waals surface area contributed by atoms with Crippen molar-refractivity contribution >= 4 is 5.91 Å². The molecule has 0 aromatic heterocycles. The van der Waals surface area contributed by atoms with Gasteiger partial charge in [-0.05, 0) is 37.5 Å². The molecule has 0 aliphatic heterocycles. The summed E-state index contributed by atoms with van der Waals surface area (Å²) in [5.74, 6) is 1.87. The molecule has 1 fully saturated rings. The fraction of sp³-hybridized carbons (Fsp3) is 0.923. The lowest BCUT2D eigenvalue weighted by atomic mass is 9.80. The molecule has 1 amide bonds. The van der Waals surface area contributed by atoms with E-state index in [-0.39, 0.29) is 5.91 Å². The number of carbonyl (C=O) groups is 1. The van der Waals surface area contributed by atoms with Crippen LogP contribution in [0.1, 0.15) is 46.0 Å². The van der Waals surface area contributed by atoms with Gasteiger partial charge < -0.3 is 10.6 Å². The molecule has 94 valence electrons. The molecular weight excluding hydrogens is 200 g/mol. The molecule has 1 aliphatic carbocycles. The summed E-state index contributed by atoms with van der Waals surface area (Å²) in [6, 6.07) is 0.639. The third-order valence-electron chi connectivity index (χ3n) is 3.78. The van der Waals surface area contributed by atoms with Gasteiger partial charge >= 0.3 is 0 Å². The van der Waals surface area contributed by atoms with E-state index in [1.165, 1.54) is 25.7 Å². The van der Waals surface area contributed by atoms with E-state index in [9.17, 15) is 4.79 Å². The Bertz CT molecular complexity index is 208. The number of hydrogen-bond donors (Lipinski definition) is 2. The summed E-state index contributed by atoms with van der Waals surface area (Å²) in [5.41, 5.74) is 0. The first-order chi connectivity index (χ1) is 7.63. The van der Waals surface area contributed by atoms with E-state index in [2.05, 4.69) is 24.5 Å². The first-order valence-electron chi connectivity index (χ1n) is 6.57. The van der Waals surface area contributed by atoms with Gasteiger partial charge in [-0.1, -0.05) is 13.8 Å². The molecule has 1 rings (SSSR count). The van der Waals surface area contributed by atoms with Gasteiger partial charge in [0.1, 0.15) is 0 Å². The monoisotopic (exact) mass is 226 g/mol. The van der Waals surface area contributed by atoms with Crippen molar-refractivity contribution < 1.29 is 4.79 Å². The standard InChI is InChI=1S/C13H26N2O/c1-10(2)11-4-6-12(7-5-11)15-9-8-13(16)14-3/h10-12,15H,4-9H2,1-3H3,(H,14,16). The van der Waals surface area contributed by atoms with Crippen LogP contribution in [-0.4, -0.2) is 25.5 Å². The van der Waals surface area contributed by atoms with Crippen molar-refractivity contribution in [1.29, 1.82) is 0 Å². The topological polar surface area (TPSA) is 41.1 Å². The zero-order valence-corrected chi connectivity index (χ0v) is 10.9. The highest BCUT2D eigenvalue weighted by Gasteiger charge is 2.22. The normalized spacial score (nSPS) is 25.8. The Labute approximate surface area is 99.4 Å². The second-order valence-electron chi connectivity index (χ2n) is 5.23. The fourth-order valence-corrected chi connectivity index (χ4v) is 2.50. The zero-order chi connectivity index (χ0) is 12.0. The lowest BCUT2D eigenvalue weighted by Gasteiger charge is -2.31. The Morgan fingerprint density at radius 1 is 1.25 bits per heavy atom. The lowest BCUT2D eigenvalue weighted by molar-refractivity contribution is -0.120. The molecule has 0 atom stereocenters. The first-order valence-corrected chi connectivity index (χ1v) is 6.57. The molecule has 2 N–H and O–H groups in total. The Morgan fingerprint density at radius 2 is 1.88 bits per heavy atom. The maximum Gasteiger partial charge on any atom is 0.221 e. The number of amides is 1. The average molecular weight is 226 g/mol. The van der Waals surface area contributed by atoms with Crippen molar-refractivity contribution in [1.82, 2.24) is 10.6 Å². The van der Waals surface area contributed by atoms with Crippen LogP contribution in [0.4, 0.5) is 0 Å². The summed E-state index contributed by atoms with van der Waals surface area (Å²) in [6.45, 7) is 5.46. The van der Waals surface area contributed by atoms with Crippen LogP contribution < -0.4 is 10.6 Å². The summed E-state index contributed by atoms with van der Waals surface area (Å²) < 4.78 is 0. The summed E-state index contributed by atoms with van der Waals surface area (Å²) in [5, 5.41) is 6.13. The molecule has 16 heavy (non-hydrogen) atoms. The number of nitrogens with one attached hydrogen (secondary N) is 2. The molecule has 0 aromatic carbocycles. The highest BCUT2D eigenvalue weighted by molar-refractivity contribution is 5.75. The molecule has 0 spiro atoms. The van der Waals surface area contributed by atoms with E-state index in [0.717, 1.165) is 18.4 Å². The molecule has 3 nitrogen and oxygen atoms in total. The Hall–Kier alpha value is -0.570. The van der Waals surface area contributed by atoms with Crippen molar-refractivity contribution in [3.05, 3.63) is 0 Å². The lowest BCUT2D eigenvalue weighted by Crippen LogP contribution is -2.36. The number of hydrogen-bond acceptors (Lipinski definition) is 2. The molecule has 1 aliphatic rings. The fourth-order valence-electron chi connectivity index (χ4n) is 2.50. The van der Waals surface area contributed by atoms with E-state index < -0.39 is 0 Å². The summed E-state index contributed by atoms with van der Waals surface area (Å²) in [7, 11) is 1.69. The van der Waals surface area contributed by atoms with E-state index >= 15 is 0 Å². The summed E-state index contributed by atoms with van der Waals surface area (Å²) in [6.07, 6.45) is 5.83. The van der Waals surface area contributed by atoms with E-state index in [1.54, 1.807) is 7.05 Å². The Morgan fingerprint density at radius 3 is 2.38 bits per heavy atom. The zero-order valence-electron chi connectivity index (χ0n) is 10.9. The van der Waals surface area contributed by atoms with Gasteiger partial charge in [-0.25, -0.2) is 0 Å². The van der Waals surface area contributed by atoms with Crippen molar-refractivity contribution in [3.63, 3.8) is 0 Å². The third-order valence-corrected chi connectivity index (χ3v) is 3.78. The van der Waals surface area contributed by atoms with Crippen molar-refractivity contribution in [2.75, 3.05) is 13.6 Å². The molecule has 0 radical (unpaired) electrons. The third kappa shape index (κ3) is 4.52. The number of rotatable bonds is 5. The van der Waals surface area contributed by atoms with Gasteiger partial charge in [0.15, 0.2) is 0 Å². The molecule has 3 heteroatoms. The van der Waals surface area contributed by atoms with Gasteiger partial charge in [-0.15, -0.1) is 0 Å². The highest BCUT2D eigenvalue weighted by Crippen LogP contribution is 2.29. The molecule has 0 unspecified atom stereocenters. The quantitative estimate of drug-likeness (QED) is 0.752. The second-order valence-corrected chi connectivity index (χ2v) is 5.23.